The summed E-state index contributed by atoms with van der Waals surface area (Å²) < 4.78 is 15.4. The molecule has 0 saturated heterocycles. The first-order valence-electron chi connectivity index (χ1n) is 5.24. The Hall–Kier alpha value is -1.27. The van der Waals surface area contributed by atoms with Crippen LogP contribution in [0.4, 0.5) is 4.39 Å². The van der Waals surface area contributed by atoms with Gasteiger partial charge in [0, 0.05) is 23.8 Å². The zero-order chi connectivity index (χ0) is 12.1. The van der Waals surface area contributed by atoms with Crippen LogP contribution < -0.4 is 5.32 Å². The highest BCUT2D eigenvalue weighted by atomic mass is 79.9. The molecule has 0 saturated carbocycles. The number of aromatic nitrogens is 3. The van der Waals surface area contributed by atoms with Crippen molar-refractivity contribution in [3.63, 3.8) is 0 Å². The van der Waals surface area contributed by atoms with Crippen LogP contribution in [-0.2, 0) is 13.1 Å². The maximum atomic E-state index is 12.9. The van der Waals surface area contributed by atoms with Crippen LogP contribution in [0.15, 0.2) is 35.1 Å². The van der Waals surface area contributed by atoms with E-state index in [0.717, 1.165) is 23.1 Å². The number of halogens is 2. The minimum atomic E-state index is -0.233. The molecule has 0 bridgehead atoms. The molecule has 1 heterocycles. The molecule has 17 heavy (non-hydrogen) atoms. The summed E-state index contributed by atoms with van der Waals surface area (Å²) in [7, 11) is 0. The Labute approximate surface area is 107 Å². The van der Waals surface area contributed by atoms with E-state index in [9.17, 15) is 4.39 Å². The molecule has 1 aromatic heterocycles. The standard InChI is InChI=1S/C11H12BrFN4/c12-11-7-10(13)2-1-9(11)8-14-3-5-17-6-4-15-16-17/h1-2,4,6-7,14H,3,5,8H2. The van der Waals surface area contributed by atoms with Gasteiger partial charge in [0.1, 0.15) is 5.82 Å². The van der Waals surface area contributed by atoms with E-state index >= 15 is 0 Å². The number of hydrogen-bond acceptors (Lipinski definition) is 3. The predicted molar refractivity (Wildman–Crippen MR) is 65.8 cm³/mol. The third-order valence-corrected chi connectivity index (χ3v) is 3.06. The number of benzene rings is 1. The summed E-state index contributed by atoms with van der Waals surface area (Å²) in [5, 5.41) is 10.8. The van der Waals surface area contributed by atoms with Crippen LogP contribution in [0.5, 0.6) is 0 Å². The van der Waals surface area contributed by atoms with Gasteiger partial charge in [0.2, 0.25) is 0 Å². The Morgan fingerprint density at radius 1 is 1.41 bits per heavy atom. The first kappa shape index (κ1) is 12.2. The SMILES string of the molecule is Fc1ccc(CNCCn2ccnn2)c(Br)c1. The smallest absolute Gasteiger partial charge is 0.124 e. The van der Waals surface area contributed by atoms with Crippen LogP contribution >= 0.6 is 15.9 Å². The van der Waals surface area contributed by atoms with E-state index in [2.05, 4.69) is 31.6 Å². The molecule has 4 nitrogen and oxygen atoms in total. The molecule has 2 aromatic rings. The maximum absolute atomic E-state index is 12.9. The second-order valence-corrected chi connectivity index (χ2v) is 4.43. The zero-order valence-corrected chi connectivity index (χ0v) is 10.7. The first-order chi connectivity index (χ1) is 8.25. The van der Waals surface area contributed by atoms with Crippen molar-refractivity contribution >= 4 is 15.9 Å². The summed E-state index contributed by atoms with van der Waals surface area (Å²) >= 11 is 3.33. The van der Waals surface area contributed by atoms with Crippen LogP contribution in [0.2, 0.25) is 0 Å². The summed E-state index contributed by atoms with van der Waals surface area (Å²) in [6.07, 6.45) is 3.46. The van der Waals surface area contributed by atoms with Crippen molar-refractivity contribution in [3.05, 3.63) is 46.4 Å². The summed E-state index contributed by atoms with van der Waals surface area (Å²) in [4.78, 5) is 0. The van der Waals surface area contributed by atoms with Gasteiger partial charge >= 0.3 is 0 Å². The zero-order valence-electron chi connectivity index (χ0n) is 9.11. The van der Waals surface area contributed by atoms with Crippen molar-refractivity contribution in [2.45, 2.75) is 13.1 Å². The molecule has 0 amide bonds. The molecule has 0 fully saturated rings. The largest absolute Gasteiger partial charge is 0.311 e. The molecule has 0 spiro atoms. The van der Waals surface area contributed by atoms with Gasteiger partial charge in [-0.05, 0) is 17.7 Å². The summed E-state index contributed by atoms with van der Waals surface area (Å²) in [6.45, 7) is 2.24. The van der Waals surface area contributed by atoms with Gasteiger partial charge in [-0.15, -0.1) is 5.10 Å². The average Bonchev–Trinajstić information content (AvgIpc) is 2.79. The lowest BCUT2D eigenvalue weighted by molar-refractivity contribution is 0.539. The molecule has 1 N–H and O–H groups in total. The third kappa shape index (κ3) is 3.61. The minimum absolute atomic E-state index is 0.233. The van der Waals surface area contributed by atoms with E-state index in [1.54, 1.807) is 16.9 Å². The second kappa shape index (κ2) is 5.88. The Morgan fingerprint density at radius 3 is 3.00 bits per heavy atom. The highest BCUT2D eigenvalue weighted by molar-refractivity contribution is 9.10. The normalized spacial score (nSPS) is 10.7. The van der Waals surface area contributed by atoms with E-state index < -0.39 is 0 Å². The molecule has 0 atom stereocenters. The fraction of sp³-hybridized carbons (Fsp3) is 0.273. The lowest BCUT2D eigenvalue weighted by Gasteiger charge is -2.06. The predicted octanol–water partition coefficient (Wildman–Crippen LogP) is 1.97. The quantitative estimate of drug-likeness (QED) is 0.858. The molecule has 6 heteroatoms. The maximum Gasteiger partial charge on any atom is 0.124 e. The molecule has 90 valence electrons. The average molecular weight is 299 g/mol. The lowest BCUT2D eigenvalue weighted by atomic mass is 10.2. The van der Waals surface area contributed by atoms with Crippen LogP contribution in [-0.4, -0.2) is 21.5 Å². The van der Waals surface area contributed by atoms with E-state index in [0.29, 0.717) is 6.54 Å². The topological polar surface area (TPSA) is 42.7 Å². The highest BCUT2D eigenvalue weighted by Crippen LogP contribution is 2.17. The van der Waals surface area contributed by atoms with Crippen molar-refractivity contribution in [2.75, 3.05) is 6.54 Å². The van der Waals surface area contributed by atoms with Crippen molar-refractivity contribution in [2.24, 2.45) is 0 Å². The van der Waals surface area contributed by atoms with Gasteiger partial charge in [-0.25, -0.2) is 4.39 Å². The molecule has 0 aliphatic rings. The molecule has 0 aliphatic heterocycles. The van der Waals surface area contributed by atoms with E-state index in [1.807, 2.05) is 6.20 Å². The summed E-state index contributed by atoms with van der Waals surface area (Å²) in [5.41, 5.74) is 1.03. The van der Waals surface area contributed by atoms with Crippen LogP contribution in [0, 0.1) is 5.82 Å². The van der Waals surface area contributed by atoms with Gasteiger partial charge in [0.25, 0.3) is 0 Å². The molecule has 0 aliphatic carbocycles. The molecule has 1 aromatic carbocycles. The fourth-order valence-electron chi connectivity index (χ4n) is 1.43. The van der Waals surface area contributed by atoms with Crippen LogP contribution in [0.25, 0.3) is 0 Å². The Bertz CT molecular complexity index is 472. The van der Waals surface area contributed by atoms with Gasteiger partial charge in [-0.2, -0.15) is 0 Å². The lowest BCUT2D eigenvalue weighted by Crippen LogP contribution is -2.20. The Morgan fingerprint density at radius 2 is 2.29 bits per heavy atom. The first-order valence-corrected chi connectivity index (χ1v) is 6.04. The number of nitrogens with zero attached hydrogens (tertiary/aromatic N) is 3. The van der Waals surface area contributed by atoms with E-state index in [1.165, 1.54) is 12.1 Å². The Balaban J connectivity index is 1.78. The van der Waals surface area contributed by atoms with Gasteiger partial charge < -0.3 is 5.32 Å². The van der Waals surface area contributed by atoms with E-state index in [4.69, 9.17) is 0 Å². The third-order valence-electron chi connectivity index (χ3n) is 2.32. The van der Waals surface area contributed by atoms with Gasteiger partial charge in [0.15, 0.2) is 0 Å². The van der Waals surface area contributed by atoms with Crippen LogP contribution in [0.3, 0.4) is 0 Å². The summed E-state index contributed by atoms with van der Waals surface area (Å²) in [6, 6.07) is 4.69. The van der Waals surface area contributed by atoms with Gasteiger partial charge in [-0.3, -0.25) is 4.68 Å². The molecule has 2 rings (SSSR count). The van der Waals surface area contributed by atoms with Crippen molar-refractivity contribution < 1.29 is 4.39 Å². The minimum Gasteiger partial charge on any atom is -0.311 e. The van der Waals surface area contributed by atoms with Crippen molar-refractivity contribution in [3.8, 4) is 0 Å². The number of hydrogen-bond donors (Lipinski definition) is 1. The molecule has 0 radical (unpaired) electrons. The number of nitrogens with one attached hydrogen (secondary N) is 1. The van der Waals surface area contributed by atoms with Crippen molar-refractivity contribution in [1.82, 2.24) is 20.3 Å². The second-order valence-electron chi connectivity index (χ2n) is 3.58. The van der Waals surface area contributed by atoms with Crippen molar-refractivity contribution in [1.29, 1.82) is 0 Å². The monoisotopic (exact) mass is 298 g/mol. The Kier molecular flexibility index (Phi) is 4.22. The fourth-order valence-corrected chi connectivity index (χ4v) is 1.92. The molecule has 0 unspecified atom stereocenters. The highest BCUT2D eigenvalue weighted by Gasteiger charge is 2.00. The number of rotatable bonds is 5. The van der Waals surface area contributed by atoms with Gasteiger partial charge in [0.05, 0.1) is 12.7 Å². The van der Waals surface area contributed by atoms with E-state index in [-0.39, 0.29) is 5.82 Å². The molecular weight excluding hydrogens is 287 g/mol. The van der Waals surface area contributed by atoms with Gasteiger partial charge in [-0.1, -0.05) is 27.2 Å². The summed E-state index contributed by atoms with van der Waals surface area (Å²) in [5.74, 6) is -0.233. The van der Waals surface area contributed by atoms with Crippen LogP contribution in [0.1, 0.15) is 5.56 Å². The molecular formula is C11H12BrFN4.